The van der Waals surface area contributed by atoms with E-state index in [1.165, 1.54) is 0 Å². The van der Waals surface area contributed by atoms with Crippen molar-refractivity contribution in [2.24, 2.45) is 0 Å². The van der Waals surface area contributed by atoms with Gasteiger partial charge in [-0.25, -0.2) is 0 Å². The molecule has 19 heavy (non-hydrogen) atoms. The summed E-state index contributed by atoms with van der Waals surface area (Å²) in [5, 5.41) is 0. The number of benzene rings is 2. The van der Waals surface area contributed by atoms with Crippen LogP contribution in [0, 0.1) is 0 Å². The Bertz CT molecular complexity index is 666. The zero-order chi connectivity index (χ0) is 13.4. The Balaban J connectivity index is 2.17. The molecule has 0 heterocycles. The fourth-order valence-electron chi connectivity index (χ4n) is 2.51. The van der Waals surface area contributed by atoms with Crippen molar-refractivity contribution in [2.45, 2.75) is 5.92 Å². The number of fused-ring (bicyclic) bond motifs is 1. The maximum absolute atomic E-state index is 12.3. The van der Waals surface area contributed by atoms with Crippen molar-refractivity contribution in [2.75, 3.05) is 0 Å². The summed E-state index contributed by atoms with van der Waals surface area (Å²) in [7, 11) is 0. The Morgan fingerprint density at radius 1 is 0.789 bits per heavy atom. The Kier molecular flexibility index (Phi) is 2.60. The van der Waals surface area contributed by atoms with Crippen LogP contribution in [-0.4, -0.2) is 17.9 Å². The van der Waals surface area contributed by atoms with E-state index in [2.05, 4.69) is 0 Å². The monoisotopic (exact) mass is 250 g/mol. The Morgan fingerprint density at radius 2 is 1.32 bits per heavy atom. The first-order chi connectivity index (χ1) is 9.24. The van der Waals surface area contributed by atoms with E-state index >= 15 is 0 Å². The largest absolute Gasteiger partial charge is 0.298 e. The highest BCUT2D eigenvalue weighted by atomic mass is 16.2. The van der Waals surface area contributed by atoms with Crippen LogP contribution in [0.1, 0.15) is 42.6 Å². The third kappa shape index (κ3) is 1.63. The van der Waals surface area contributed by atoms with E-state index in [4.69, 9.17) is 0 Å². The molecule has 0 aromatic heterocycles. The van der Waals surface area contributed by atoms with Gasteiger partial charge in [0.2, 0.25) is 0 Å². The third-order valence-electron chi connectivity index (χ3n) is 3.42. The average Bonchev–Trinajstić information content (AvgIpc) is 2.71. The predicted octanol–water partition coefficient (Wildman–Crippen LogP) is 2.66. The molecule has 0 saturated heterocycles. The van der Waals surface area contributed by atoms with E-state index in [1.54, 1.807) is 48.5 Å². The second-order valence-electron chi connectivity index (χ2n) is 4.45. The van der Waals surface area contributed by atoms with Crippen LogP contribution in [0.3, 0.4) is 0 Å². The summed E-state index contributed by atoms with van der Waals surface area (Å²) >= 11 is 0. The van der Waals surface area contributed by atoms with Crippen molar-refractivity contribution in [3.63, 3.8) is 0 Å². The van der Waals surface area contributed by atoms with Crippen molar-refractivity contribution < 1.29 is 14.4 Å². The van der Waals surface area contributed by atoms with Gasteiger partial charge < -0.3 is 0 Å². The van der Waals surface area contributed by atoms with Crippen molar-refractivity contribution in [3.05, 3.63) is 70.8 Å². The molecule has 3 nitrogen and oxygen atoms in total. The normalized spacial score (nSPS) is 14.5. The molecule has 2 aromatic carbocycles. The molecule has 1 aliphatic carbocycles. The van der Waals surface area contributed by atoms with Crippen LogP contribution in [-0.2, 0) is 0 Å². The van der Waals surface area contributed by atoms with Gasteiger partial charge in [0.15, 0.2) is 11.6 Å². The molecule has 0 atom stereocenters. The number of carbonyl (C=O) groups is 3. The van der Waals surface area contributed by atoms with Gasteiger partial charge in [0.1, 0.15) is 12.2 Å². The van der Waals surface area contributed by atoms with Gasteiger partial charge in [-0.3, -0.25) is 14.4 Å². The Morgan fingerprint density at radius 3 is 1.89 bits per heavy atom. The van der Waals surface area contributed by atoms with Crippen LogP contribution in [0.25, 0.3) is 0 Å². The van der Waals surface area contributed by atoms with E-state index in [0.717, 1.165) is 0 Å². The number of rotatable bonds is 2. The molecule has 3 rings (SSSR count). The number of aldehydes is 1. The highest BCUT2D eigenvalue weighted by Gasteiger charge is 2.40. The minimum Gasteiger partial charge on any atom is -0.298 e. The van der Waals surface area contributed by atoms with E-state index in [1.807, 2.05) is 0 Å². The Hall–Kier alpha value is -2.55. The third-order valence-corrected chi connectivity index (χ3v) is 3.42. The van der Waals surface area contributed by atoms with E-state index in [0.29, 0.717) is 28.5 Å². The lowest BCUT2D eigenvalue weighted by atomic mass is 9.91. The first kappa shape index (κ1) is 11.5. The van der Waals surface area contributed by atoms with Crippen LogP contribution in [0.4, 0.5) is 0 Å². The first-order valence-corrected chi connectivity index (χ1v) is 5.95. The Labute approximate surface area is 109 Å². The van der Waals surface area contributed by atoms with Crippen molar-refractivity contribution in [1.82, 2.24) is 0 Å². The van der Waals surface area contributed by atoms with Crippen molar-refractivity contribution in [3.8, 4) is 0 Å². The van der Waals surface area contributed by atoms with Crippen molar-refractivity contribution in [1.29, 1.82) is 0 Å². The highest BCUT2D eigenvalue weighted by Crippen LogP contribution is 2.34. The fraction of sp³-hybridized carbons (Fsp3) is 0.0625. The molecule has 3 heteroatoms. The summed E-state index contributed by atoms with van der Waals surface area (Å²) in [5.41, 5.74) is 1.77. The molecule has 0 spiro atoms. The number of hydrogen-bond acceptors (Lipinski definition) is 3. The molecule has 92 valence electrons. The van der Waals surface area contributed by atoms with Gasteiger partial charge in [0.05, 0.1) is 0 Å². The summed E-state index contributed by atoms with van der Waals surface area (Å²) < 4.78 is 0. The highest BCUT2D eigenvalue weighted by molar-refractivity contribution is 6.30. The summed E-state index contributed by atoms with van der Waals surface area (Å²) in [4.78, 5) is 35.7. The van der Waals surface area contributed by atoms with Gasteiger partial charge >= 0.3 is 0 Å². The van der Waals surface area contributed by atoms with Gasteiger partial charge in [-0.05, 0) is 5.56 Å². The van der Waals surface area contributed by atoms with Gasteiger partial charge in [-0.2, -0.15) is 0 Å². The first-order valence-electron chi connectivity index (χ1n) is 5.95. The number of carbonyl (C=O) groups excluding carboxylic acids is 3. The standard InChI is InChI=1S/C16H10O3/c17-9-10-5-1-2-6-11(10)14-15(18)12-7-3-4-8-13(12)16(14)19/h1-9,14H. The molecular formula is C16H10O3. The topological polar surface area (TPSA) is 51.2 Å². The van der Waals surface area contributed by atoms with Crippen LogP contribution < -0.4 is 0 Å². The lowest BCUT2D eigenvalue weighted by molar-refractivity contribution is 0.0890. The molecule has 0 bridgehead atoms. The zero-order valence-corrected chi connectivity index (χ0v) is 10.00. The molecular weight excluding hydrogens is 240 g/mol. The van der Waals surface area contributed by atoms with Gasteiger partial charge in [0, 0.05) is 16.7 Å². The van der Waals surface area contributed by atoms with Gasteiger partial charge in [-0.1, -0.05) is 48.5 Å². The molecule has 0 amide bonds. The maximum Gasteiger partial charge on any atom is 0.178 e. The molecule has 2 aromatic rings. The zero-order valence-electron chi connectivity index (χ0n) is 10.00. The number of hydrogen-bond donors (Lipinski definition) is 0. The molecule has 1 aliphatic rings. The van der Waals surface area contributed by atoms with Crippen LogP contribution >= 0.6 is 0 Å². The lowest BCUT2D eigenvalue weighted by Crippen LogP contribution is -2.14. The van der Waals surface area contributed by atoms with E-state index < -0.39 is 5.92 Å². The number of Topliss-reactive ketones (excluding diaryl/α,β-unsaturated/α-hetero) is 2. The average molecular weight is 250 g/mol. The summed E-state index contributed by atoms with van der Waals surface area (Å²) in [5.74, 6) is -1.33. The van der Waals surface area contributed by atoms with Crippen LogP contribution in [0.15, 0.2) is 48.5 Å². The summed E-state index contributed by atoms with van der Waals surface area (Å²) in [6.07, 6.45) is 0.679. The maximum atomic E-state index is 12.3. The fourth-order valence-corrected chi connectivity index (χ4v) is 2.51. The second-order valence-corrected chi connectivity index (χ2v) is 4.45. The minimum absolute atomic E-state index is 0.227. The molecule has 0 aliphatic heterocycles. The van der Waals surface area contributed by atoms with E-state index in [9.17, 15) is 14.4 Å². The van der Waals surface area contributed by atoms with Gasteiger partial charge in [-0.15, -0.1) is 0 Å². The lowest BCUT2D eigenvalue weighted by Gasteiger charge is -2.09. The summed E-state index contributed by atoms with van der Waals surface area (Å²) in [6.45, 7) is 0. The second kappa shape index (κ2) is 4.28. The molecule has 0 N–H and O–H groups in total. The quantitative estimate of drug-likeness (QED) is 0.608. The van der Waals surface area contributed by atoms with Crippen LogP contribution in [0.2, 0.25) is 0 Å². The SMILES string of the molecule is O=Cc1ccccc1C1C(=O)c2ccccc2C1=O. The van der Waals surface area contributed by atoms with Gasteiger partial charge in [0.25, 0.3) is 0 Å². The molecule has 0 radical (unpaired) electrons. The molecule has 0 fully saturated rings. The smallest absolute Gasteiger partial charge is 0.178 e. The number of ketones is 2. The van der Waals surface area contributed by atoms with Crippen molar-refractivity contribution >= 4 is 17.9 Å². The van der Waals surface area contributed by atoms with E-state index in [-0.39, 0.29) is 11.6 Å². The molecule has 0 saturated carbocycles. The summed E-state index contributed by atoms with van der Waals surface area (Å²) in [6, 6.07) is 13.5. The predicted molar refractivity (Wildman–Crippen MR) is 69.7 cm³/mol. The molecule has 0 unspecified atom stereocenters. The minimum atomic E-state index is -0.876. The van der Waals surface area contributed by atoms with Crippen LogP contribution in [0.5, 0.6) is 0 Å².